The van der Waals surface area contributed by atoms with Crippen LogP contribution < -0.4 is 10.9 Å². The molecule has 0 unspecified atom stereocenters. The maximum Gasteiger partial charge on any atom is 0.433 e. The first kappa shape index (κ1) is 20.6. The van der Waals surface area contributed by atoms with Crippen LogP contribution in [0.3, 0.4) is 0 Å². The molecular weight excluding hydrogens is 397 g/mol. The number of nitrogens with zero attached hydrogens (tertiary/aromatic N) is 2. The average molecular weight is 405 g/mol. The van der Waals surface area contributed by atoms with E-state index in [2.05, 4.69) is 4.98 Å². The molecule has 0 saturated carbocycles. The molecule has 0 aliphatic heterocycles. The molecule has 1 heterocycles. The summed E-state index contributed by atoms with van der Waals surface area (Å²) in [5.74, 6) is -1.01. The molecule has 2 aromatic rings. The van der Waals surface area contributed by atoms with E-state index in [4.69, 9.17) is 0 Å². The number of rotatable bonds is 2. The van der Waals surface area contributed by atoms with Crippen LogP contribution in [0, 0.1) is 0 Å². The zero-order valence-corrected chi connectivity index (χ0v) is 13.0. The zero-order valence-electron chi connectivity index (χ0n) is 13.0. The van der Waals surface area contributed by atoms with Gasteiger partial charge in [0.25, 0.3) is 5.56 Å². The summed E-state index contributed by atoms with van der Waals surface area (Å²) in [6.45, 7) is 0. The molecule has 13 heteroatoms. The minimum Gasteiger partial charge on any atom is -0.325 e. The second-order valence-electron chi connectivity index (χ2n) is 5.24. The highest BCUT2D eigenvalue weighted by Crippen LogP contribution is 2.40. The average Bonchev–Trinajstić information content (AvgIpc) is 2.48. The number of anilines is 2. The summed E-state index contributed by atoms with van der Waals surface area (Å²) in [6.07, 6.45) is -15.2. The van der Waals surface area contributed by atoms with Gasteiger partial charge < -0.3 is 5.32 Å². The second-order valence-corrected chi connectivity index (χ2v) is 5.24. The maximum absolute atomic E-state index is 13.0. The molecule has 1 N–H and O–H groups in total. The van der Waals surface area contributed by atoms with E-state index < -0.39 is 52.5 Å². The Morgan fingerprint density at radius 2 is 1.48 bits per heavy atom. The Morgan fingerprint density at radius 3 is 1.96 bits per heavy atom. The standard InChI is InChI=1S/C14H8F9N3O/c1-26-10(27)5-9(14(21,22)23)25-11(26)24-8-4-6(12(15,16)17)2-3-7(8)13(18,19)20/h2-5H,1H3,(H,24,25). The normalized spacial score (nSPS) is 13.0. The van der Waals surface area contributed by atoms with Crippen molar-refractivity contribution in [2.45, 2.75) is 18.5 Å². The third-order valence-corrected chi connectivity index (χ3v) is 3.32. The van der Waals surface area contributed by atoms with Gasteiger partial charge in [0.1, 0.15) is 0 Å². The Hall–Kier alpha value is -2.73. The monoisotopic (exact) mass is 405 g/mol. The highest BCUT2D eigenvalue weighted by Gasteiger charge is 2.38. The van der Waals surface area contributed by atoms with Crippen LogP contribution in [0.25, 0.3) is 0 Å². The van der Waals surface area contributed by atoms with Crippen molar-refractivity contribution in [2.75, 3.05) is 5.32 Å². The van der Waals surface area contributed by atoms with E-state index in [1.807, 2.05) is 0 Å². The molecule has 27 heavy (non-hydrogen) atoms. The van der Waals surface area contributed by atoms with Crippen LogP contribution in [-0.2, 0) is 25.6 Å². The fourth-order valence-corrected chi connectivity index (χ4v) is 1.99. The van der Waals surface area contributed by atoms with E-state index >= 15 is 0 Å². The van der Waals surface area contributed by atoms with E-state index in [1.165, 1.54) is 0 Å². The highest BCUT2D eigenvalue weighted by molar-refractivity contribution is 5.61. The molecular formula is C14H8F9N3O. The van der Waals surface area contributed by atoms with Gasteiger partial charge in [-0.3, -0.25) is 9.36 Å². The maximum atomic E-state index is 13.0. The topological polar surface area (TPSA) is 46.9 Å². The molecule has 0 amide bonds. The Kier molecular flexibility index (Phi) is 4.92. The molecule has 1 aromatic carbocycles. The second kappa shape index (κ2) is 6.46. The molecule has 0 fully saturated rings. The predicted octanol–water partition coefficient (Wildman–Crippen LogP) is 4.58. The van der Waals surface area contributed by atoms with E-state index in [9.17, 15) is 44.3 Å². The molecule has 148 valence electrons. The quantitative estimate of drug-likeness (QED) is 0.745. The van der Waals surface area contributed by atoms with Crippen LogP contribution in [0.5, 0.6) is 0 Å². The van der Waals surface area contributed by atoms with Crippen LogP contribution in [-0.4, -0.2) is 9.55 Å². The molecule has 1 aromatic heterocycles. The number of hydrogen-bond donors (Lipinski definition) is 1. The first-order valence-corrected chi connectivity index (χ1v) is 6.81. The number of hydrogen-bond acceptors (Lipinski definition) is 3. The van der Waals surface area contributed by atoms with Crippen LogP contribution in [0.2, 0.25) is 0 Å². The molecule has 0 radical (unpaired) electrons. The molecule has 0 atom stereocenters. The fraction of sp³-hybridized carbons (Fsp3) is 0.286. The third-order valence-electron chi connectivity index (χ3n) is 3.32. The first-order chi connectivity index (χ1) is 12.1. The summed E-state index contributed by atoms with van der Waals surface area (Å²) in [7, 11) is 0.888. The number of nitrogens with one attached hydrogen (secondary N) is 1. The van der Waals surface area contributed by atoms with Gasteiger partial charge >= 0.3 is 18.5 Å². The van der Waals surface area contributed by atoms with Crippen molar-refractivity contribution >= 4 is 11.6 Å². The SMILES string of the molecule is Cn1c(Nc2cc(C(F)(F)F)ccc2C(F)(F)F)nc(C(F)(F)F)cc1=O. The lowest BCUT2D eigenvalue weighted by Crippen LogP contribution is -2.25. The van der Waals surface area contributed by atoms with Crippen molar-refractivity contribution in [3.05, 3.63) is 51.4 Å². The van der Waals surface area contributed by atoms with Crippen LogP contribution in [0.4, 0.5) is 51.1 Å². The van der Waals surface area contributed by atoms with Gasteiger partial charge in [-0.25, -0.2) is 4.98 Å². The van der Waals surface area contributed by atoms with E-state index in [-0.39, 0.29) is 24.3 Å². The molecule has 0 spiro atoms. The summed E-state index contributed by atoms with van der Waals surface area (Å²) in [4.78, 5) is 14.6. The molecule has 0 saturated heterocycles. The number of aromatic nitrogens is 2. The predicted molar refractivity (Wildman–Crippen MR) is 74.2 cm³/mol. The van der Waals surface area contributed by atoms with E-state index in [1.54, 1.807) is 5.32 Å². The van der Waals surface area contributed by atoms with Crippen molar-refractivity contribution in [1.82, 2.24) is 9.55 Å². The van der Waals surface area contributed by atoms with Gasteiger partial charge in [0.2, 0.25) is 5.95 Å². The smallest absolute Gasteiger partial charge is 0.325 e. The Labute approximate surface area is 144 Å². The first-order valence-electron chi connectivity index (χ1n) is 6.81. The summed E-state index contributed by atoms with van der Waals surface area (Å²) in [5, 5.41) is 1.75. The summed E-state index contributed by atoms with van der Waals surface area (Å²) < 4.78 is 116. The van der Waals surface area contributed by atoms with Crippen molar-refractivity contribution in [3.8, 4) is 0 Å². The van der Waals surface area contributed by atoms with Crippen molar-refractivity contribution in [2.24, 2.45) is 7.05 Å². The van der Waals surface area contributed by atoms with Crippen LogP contribution in [0.1, 0.15) is 16.8 Å². The van der Waals surface area contributed by atoms with Crippen molar-refractivity contribution in [3.63, 3.8) is 0 Å². The van der Waals surface area contributed by atoms with Gasteiger partial charge in [0, 0.05) is 13.1 Å². The lowest BCUT2D eigenvalue weighted by molar-refractivity contribution is -0.141. The van der Waals surface area contributed by atoms with Crippen molar-refractivity contribution < 1.29 is 39.5 Å². The Morgan fingerprint density at radius 1 is 0.889 bits per heavy atom. The molecule has 0 bridgehead atoms. The fourth-order valence-electron chi connectivity index (χ4n) is 1.99. The van der Waals surface area contributed by atoms with Gasteiger partial charge in [0.15, 0.2) is 5.69 Å². The summed E-state index contributed by atoms with van der Waals surface area (Å²) in [6, 6.07) is 0.459. The van der Waals surface area contributed by atoms with Gasteiger partial charge in [-0.05, 0) is 18.2 Å². The van der Waals surface area contributed by atoms with Crippen molar-refractivity contribution in [1.29, 1.82) is 0 Å². The van der Waals surface area contributed by atoms with Crippen LogP contribution in [0.15, 0.2) is 29.1 Å². The number of halogens is 9. The highest BCUT2D eigenvalue weighted by atomic mass is 19.4. The van der Waals surface area contributed by atoms with Gasteiger partial charge in [-0.1, -0.05) is 0 Å². The number of benzene rings is 1. The lowest BCUT2D eigenvalue weighted by atomic mass is 10.1. The third kappa shape index (κ3) is 4.52. The lowest BCUT2D eigenvalue weighted by Gasteiger charge is -2.18. The molecule has 4 nitrogen and oxygen atoms in total. The minimum atomic E-state index is -5.12. The summed E-state index contributed by atoms with van der Waals surface area (Å²) in [5.41, 5.74) is -7.26. The number of alkyl halides is 9. The minimum absolute atomic E-state index is 0.0647. The molecule has 0 aliphatic carbocycles. The Balaban J connectivity index is 2.66. The zero-order chi connectivity index (χ0) is 20.8. The van der Waals surface area contributed by atoms with E-state index in [0.29, 0.717) is 4.57 Å². The molecule has 0 aliphatic rings. The molecule has 2 rings (SSSR count). The van der Waals surface area contributed by atoms with Crippen LogP contribution >= 0.6 is 0 Å². The summed E-state index contributed by atoms with van der Waals surface area (Å²) >= 11 is 0. The largest absolute Gasteiger partial charge is 0.433 e. The van der Waals surface area contributed by atoms with E-state index in [0.717, 1.165) is 7.05 Å². The Bertz CT molecular complexity index is 910. The van der Waals surface area contributed by atoms with Gasteiger partial charge in [-0.2, -0.15) is 39.5 Å². The van der Waals surface area contributed by atoms with Gasteiger partial charge in [-0.15, -0.1) is 0 Å². The van der Waals surface area contributed by atoms with Gasteiger partial charge in [0.05, 0.1) is 16.8 Å².